The van der Waals surface area contributed by atoms with Crippen LogP contribution in [0.2, 0.25) is 0 Å². The lowest BCUT2D eigenvalue weighted by Crippen LogP contribution is -2.39. The predicted molar refractivity (Wildman–Crippen MR) is 102 cm³/mol. The highest BCUT2D eigenvalue weighted by molar-refractivity contribution is 5.61. The highest BCUT2D eigenvalue weighted by Gasteiger charge is 2.11. The van der Waals surface area contributed by atoms with E-state index in [-0.39, 0.29) is 0 Å². The summed E-state index contributed by atoms with van der Waals surface area (Å²) in [4.78, 5) is 13.6. The lowest BCUT2D eigenvalue weighted by atomic mass is 10.2. The number of hydrogen-bond acceptors (Lipinski definition) is 6. The van der Waals surface area contributed by atoms with Crippen molar-refractivity contribution in [1.82, 2.24) is 14.9 Å². The molecule has 0 amide bonds. The minimum atomic E-state index is 0.678. The quantitative estimate of drug-likeness (QED) is 0.836. The van der Waals surface area contributed by atoms with Gasteiger partial charge in [0, 0.05) is 44.6 Å². The molecule has 1 aromatic carbocycles. The summed E-state index contributed by atoms with van der Waals surface area (Å²) in [7, 11) is 0. The van der Waals surface area contributed by atoms with E-state index in [2.05, 4.69) is 58.2 Å². The van der Waals surface area contributed by atoms with E-state index in [1.54, 1.807) is 0 Å². The third-order valence-electron chi connectivity index (χ3n) is 4.36. The minimum Gasteiger partial charge on any atom is -0.379 e. The van der Waals surface area contributed by atoms with Crippen LogP contribution in [0.1, 0.15) is 12.5 Å². The van der Waals surface area contributed by atoms with Crippen molar-refractivity contribution in [3.8, 4) is 0 Å². The zero-order valence-electron chi connectivity index (χ0n) is 15.1. The number of nitrogens with one attached hydrogen (secondary N) is 1. The second kappa shape index (κ2) is 8.78. The molecule has 0 spiro atoms. The first-order valence-corrected chi connectivity index (χ1v) is 8.97. The fourth-order valence-corrected chi connectivity index (χ4v) is 3.01. The Hall–Kier alpha value is -2.18. The number of anilines is 3. The fraction of sp³-hybridized carbons (Fsp3) is 0.474. The summed E-state index contributed by atoms with van der Waals surface area (Å²) in [5, 5.41) is 3.34. The first-order chi connectivity index (χ1) is 12.3. The SMILES string of the molecule is CCN(c1cccc(C)c1)c1ccnc(NCCN2CCOCC2)n1. The predicted octanol–water partition coefficient (Wildman–Crippen LogP) is 2.69. The lowest BCUT2D eigenvalue weighted by Gasteiger charge is -2.26. The molecule has 1 aromatic heterocycles. The van der Waals surface area contributed by atoms with Crippen molar-refractivity contribution in [3.05, 3.63) is 42.1 Å². The van der Waals surface area contributed by atoms with Gasteiger partial charge in [-0.15, -0.1) is 0 Å². The van der Waals surface area contributed by atoms with Gasteiger partial charge in [0.25, 0.3) is 0 Å². The van der Waals surface area contributed by atoms with Crippen LogP contribution in [0.15, 0.2) is 36.5 Å². The molecule has 0 unspecified atom stereocenters. The summed E-state index contributed by atoms with van der Waals surface area (Å²) < 4.78 is 5.38. The van der Waals surface area contributed by atoms with Gasteiger partial charge in [-0.05, 0) is 37.6 Å². The van der Waals surface area contributed by atoms with Gasteiger partial charge >= 0.3 is 0 Å². The van der Waals surface area contributed by atoms with Crippen LogP contribution in [-0.4, -0.2) is 60.8 Å². The second-order valence-electron chi connectivity index (χ2n) is 6.20. The van der Waals surface area contributed by atoms with Gasteiger partial charge in [-0.25, -0.2) is 4.98 Å². The number of hydrogen-bond donors (Lipinski definition) is 1. The van der Waals surface area contributed by atoms with Crippen LogP contribution in [-0.2, 0) is 4.74 Å². The first kappa shape index (κ1) is 17.6. The summed E-state index contributed by atoms with van der Waals surface area (Å²) in [5.74, 6) is 1.59. The molecule has 0 radical (unpaired) electrons. The zero-order valence-corrected chi connectivity index (χ0v) is 15.1. The Labute approximate surface area is 149 Å². The molecule has 0 atom stereocenters. The maximum absolute atomic E-state index is 5.38. The van der Waals surface area contributed by atoms with E-state index in [0.29, 0.717) is 5.95 Å². The summed E-state index contributed by atoms with van der Waals surface area (Å²) >= 11 is 0. The maximum Gasteiger partial charge on any atom is 0.224 e. The topological polar surface area (TPSA) is 53.5 Å². The van der Waals surface area contributed by atoms with Crippen LogP contribution in [0.3, 0.4) is 0 Å². The van der Waals surface area contributed by atoms with Gasteiger partial charge in [0.15, 0.2) is 0 Å². The van der Waals surface area contributed by atoms with Crippen molar-refractivity contribution in [2.24, 2.45) is 0 Å². The number of aromatic nitrogens is 2. The molecule has 1 N–H and O–H groups in total. The molecular weight excluding hydrogens is 314 g/mol. The maximum atomic E-state index is 5.38. The molecule has 25 heavy (non-hydrogen) atoms. The van der Waals surface area contributed by atoms with Gasteiger partial charge < -0.3 is 15.0 Å². The molecule has 0 bridgehead atoms. The molecule has 3 rings (SSSR count). The Kier molecular flexibility index (Phi) is 6.19. The first-order valence-electron chi connectivity index (χ1n) is 8.97. The van der Waals surface area contributed by atoms with Crippen LogP contribution >= 0.6 is 0 Å². The average molecular weight is 341 g/mol. The van der Waals surface area contributed by atoms with Gasteiger partial charge in [-0.3, -0.25) is 4.90 Å². The van der Waals surface area contributed by atoms with Gasteiger partial charge in [0.2, 0.25) is 5.95 Å². The Morgan fingerprint density at radius 2 is 2.08 bits per heavy atom. The molecule has 1 aliphatic heterocycles. The standard InChI is InChI=1S/C19H27N5O/c1-3-24(17-6-4-5-16(2)15-17)18-7-8-20-19(22-18)21-9-10-23-11-13-25-14-12-23/h4-8,15H,3,9-14H2,1-2H3,(H,20,21,22). The molecule has 6 heteroatoms. The summed E-state index contributed by atoms with van der Waals surface area (Å²) in [6.07, 6.45) is 1.82. The van der Waals surface area contributed by atoms with Crippen molar-refractivity contribution in [3.63, 3.8) is 0 Å². The molecule has 1 fully saturated rings. The number of benzene rings is 1. The molecule has 2 aromatic rings. The highest BCUT2D eigenvalue weighted by Crippen LogP contribution is 2.24. The van der Waals surface area contributed by atoms with Gasteiger partial charge in [0.05, 0.1) is 13.2 Å². The van der Waals surface area contributed by atoms with Gasteiger partial charge in [-0.1, -0.05) is 12.1 Å². The third-order valence-corrected chi connectivity index (χ3v) is 4.36. The number of aryl methyl sites for hydroxylation is 1. The molecule has 134 valence electrons. The normalized spacial score (nSPS) is 15.1. The molecule has 1 aliphatic rings. The number of rotatable bonds is 7. The van der Waals surface area contributed by atoms with Crippen LogP contribution in [0.4, 0.5) is 17.5 Å². The molecule has 0 saturated carbocycles. The second-order valence-corrected chi connectivity index (χ2v) is 6.20. The third kappa shape index (κ3) is 4.90. The van der Waals surface area contributed by atoms with Crippen LogP contribution in [0.25, 0.3) is 0 Å². The minimum absolute atomic E-state index is 0.678. The van der Waals surface area contributed by atoms with Crippen molar-refractivity contribution in [1.29, 1.82) is 0 Å². The molecule has 0 aliphatic carbocycles. The van der Waals surface area contributed by atoms with E-state index in [1.807, 2.05) is 12.3 Å². The van der Waals surface area contributed by atoms with Gasteiger partial charge in [-0.2, -0.15) is 4.98 Å². The van der Waals surface area contributed by atoms with Crippen molar-refractivity contribution >= 4 is 17.5 Å². The summed E-state index contributed by atoms with van der Waals surface area (Å²) in [6, 6.07) is 10.4. The van der Waals surface area contributed by atoms with E-state index >= 15 is 0 Å². The monoisotopic (exact) mass is 341 g/mol. The van der Waals surface area contributed by atoms with Crippen LogP contribution in [0.5, 0.6) is 0 Å². The molecular formula is C19H27N5O. The van der Waals surface area contributed by atoms with Gasteiger partial charge in [0.1, 0.15) is 5.82 Å². The summed E-state index contributed by atoms with van der Waals surface area (Å²) in [5.41, 5.74) is 2.40. The highest BCUT2D eigenvalue weighted by atomic mass is 16.5. The van der Waals surface area contributed by atoms with E-state index in [4.69, 9.17) is 9.72 Å². The number of morpholine rings is 1. The number of nitrogens with zero attached hydrogens (tertiary/aromatic N) is 4. The largest absolute Gasteiger partial charge is 0.379 e. The average Bonchev–Trinajstić information content (AvgIpc) is 2.64. The molecule has 2 heterocycles. The summed E-state index contributed by atoms with van der Waals surface area (Å²) in [6.45, 7) is 10.6. The van der Waals surface area contributed by atoms with Crippen LogP contribution in [0, 0.1) is 6.92 Å². The van der Waals surface area contributed by atoms with Crippen LogP contribution < -0.4 is 10.2 Å². The van der Waals surface area contributed by atoms with Crippen molar-refractivity contribution < 1.29 is 4.74 Å². The lowest BCUT2D eigenvalue weighted by molar-refractivity contribution is 0.0398. The van der Waals surface area contributed by atoms with E-state index in [0.717, 1.165) is 57.4 Å². The Morgan fingerprint density at radius 1 is 1.24 bits per heavy atom. The Morgan fingerprint density at radius 3 is 2.84 bits per heavy atom. The van der Waals surface area contributed by atoms with E-state index in [9.17, 15) is 0 Å². The van der Waals surface area contributed by atoms with E-state index < -0.39 is 0 Å². The van der Waals surface area contributed by atoms with E-state index in [1.165, 1.54) is 5.56 Å². The zero-order chi connectivity index (χ0) is 17.5. The van der Waals surface area contributed by atoms with Crippen molar-refractivity contribution in [2.45, 2.75) is 13.8 Å². The Balaban J connectivity index is 1.63. The number of ether oxygens (including phenoxy) is 1. The fourth-order valence-electron chi connectivity index (χ4n) is 3.01. The molecule has 6 nitrogen and oxygen atoms in total. The molecule has 1 saturated heterocycles. The Bertz CT molecular complexity index is 672. The van der Waals surface area contributed by atoms with Crippen molar-refractivity contribution in [2.75, 3.05) is 56.2 Å². The smallest absolute Gasteiger partial charge is 0.224 e.